The molecule has 2 unspecified atom stereocenters. The molecule has 0 radical (unpaired) electrons. The first-order chi connectivity index (χ1) is 9.93. The summed E-state index contributed by atoms with van der Waals surface area (Å²) in [5.74, 6) is 10.7. The molecule has 2 aromatic heterocycles. The lowest BCUT2D eigenvalue weighted by molar-refractivity contribution is 0.418. The third-order valence-electron chi connectivity index (χ3n) is 4.57. The van der Waals surface area contributed by atoms with Crippen molar-refractivity contribution >= 4 is 16.4 Å². The van der Waals surface area contributed by atoms with Crippen LogP contribution in [-0.2, 0) is 0 Å². The zero-order chi connectivity index (χ0) is 13.6. The van der Waals surface area contributed by atoms with Gasteiger partial charge in [-0.2, -0.15) is 0 Å². The lowest BCUT2D eigenvalue weighted by Gasteiger charge is -2.25. The quantitative estimate of drug-likeness (QED) is 0.556. The largest absolute Gasteiger partial charge is 0.0765 e. The molecule has 0 nitrogen and oxygen atoms in total. The third-order valence-corrected chi connectivity index (χ3v) is 5.86. The van der Waals surface area contributed by atoms with Crippen LogP contribution in [-0.4, -0.2) is 0 Å². The van der Waals surface area contributed by atoms with E-state index in [0.29, 0.717) is 0 Å². The van der Waals surface area contributed by atoms with Crippen LogP contribution >= 0.6 is 16.4 Å². The van der Waals surface area contributed by atoms with Gasteiger partial charge in [-0.25, -0.2) is 0 Å². The molecule has 0 aromatic carbocycles. The number of hydrogen-bond donors (Lipinski definition) is 0. The van der Waals surface area contributed by atoms with E-state index in [-0.39, 0.29) is 0 Å². The lowest BCUT2D eigenvalue weighted by Crippen LogP contribution is -2.08. The van der Waals surface area contributed by atoms with E-state index in [0.717, 1.165) is 11.8 Å². The summed E-state index contributed by atoms with van der Waals surface area (Å²) in [5.41, 5.74) is 3.14. The van der Waals surface area contributed by atoms with Gasteiger partial charge < -0.3 is 0 Å². The molecule has 0 saturated heterocycles. The minimum atomic E-state index is 0.788. The highest BCUT2D eigenvalue weighted by Gasteiger charge is 2.19. The Balaban J connectivity index is 1.70. The summed E-state index contributed by atoms with van der Waals surface area (Å²) in [5, 5.41) is 0. The van der Waals surface area contributed by atoms with Gasteiger partial charge in [0.05, 0.1) is 0 Å². The molecule has 0 aliphatic heterocycles. The van der Waals surface area contributed by atoms with E-state index in [4.69, 9.17) is 0 Å². The molecule has 0 bridgehead atoms. The lowest BCUT2D eigenvalue weighted by atomic mass is 9.80. The molecule has 0 spiro atoms. The molecule has 2 atom stereocenters. The molecule has 3 rings (SSSR count). The van der Waals surface area contributed by atoms with Gasteiger partial charge in [-0.05, 0) is 71.8 Å². The van der Waals surface area contributed by atoms with Crippen molar-refractivity contribution in [3.8, 4) is 0 Å². The van der Waals surface area contributed by atoms with E-state index in [9.17, 15) is 0 Å². The van der Waals surface area contributed by atoms with Gasteiger partial charge in [0, 0.05) is 0 Å². The molecule has 2 heteroatoms. The molecule has 2 aromatic rings. The fourth-order valence-corrected chi connectivity index (χ4v) is 4.64. The minimum absolute atomic E-state index is 0.788. The zero-order valence-electron chi connectivity index (χ0n) is 11.9. The molecule has 1 saturated carbocycles. The van der Waals surface area contributed by atoms with Crippen molar-refractivity contribution in [2.45, 2.75) is 50.4 Å². The van der Waals surface area contributed by atoms with Crippen LogP contribution in [0.25, 0.3) is 0 Å². The number of hydrogen-bond acceptors (Lipinski definition) is 0. The third kappa shape index (κ3) is 3.69. The molecule has 1 aliphatic rings. The van der Waals surface area contributed by atoms with Crippen molar-refractivity contribution < 1.29 is 0 Å². The molecule has 0 N–H and O–H groups in total. The van der Waals surface area contributed by atoms with E-state index in [1.807, 2.05) is 0 Å². The first-order valence-electron chi connectivity index (χ1n) is 7.73. The average molecular weight is 300 g/mol. The Morgan fingerprint density at radius 2 is 1.00 bits per heavy atom. The second-order valence-corrected chi connectivity index (χ2v) is 7.61. The van der Waals surface area contributed by atoms with Crippen LogP contribution in [0.4, 0.5) is 0 Å². The van der Waals surface area contributed by atoms with Crippen molar-refractivity contribution in [2.24, 2.45) is 0 Å². The van der Waals surface area contributed by atoms with Crippen LogP contribution in [0.3, 0.4) is 0 Å². The Labute approximate surface area is 125 Å². The van der Waals surface area contributed by atoms with Crippen LogP contribution < -0.4 is 0 Å². The standard InChI is InChI=1S/C18H22P2/c1-2-4-16(18-9-13-20-14-10-18)6-5-15(3-1)17-7-11-19-12-8-17/h7-16H,1-6H2. The number of rotatable bonds is 2. The zero-order valence-corrected chi connectivity index (χ0v) is 13.7. The fourth-order valence-electron chi connectivity index (χ4n) is 3.41. The molecule has 0 amide bonds. The summed E-state index contributed by atoms with van der Waals surface area (Å²) < 4.78 is 0. The van der Waals surface area contributed by atoms with Crippen molar-refractivity contribution in [3.05, 3.63) is 58.6 Å². The van der Waals surface area contributed by atoms with Gasteiger partial charge in [-0.15, -0.1) is 0 Å². The predicted molar refractivity (Wildman–Crippen MR) is 91.1 cm³/mol. The van der Waals surface area contributed by atoms with Crippen LogP contribution in [0.2, 0.25) is 0 Å². The van der Waals surface area contributed by atoms with Crippen molar-refractivity contribution in [1.82, 2.24) is 0 Å². The Morgan fingerprint density at radius 3 is 1.40 bits per heavy atom. The van der Waals surface area contributed by atoms with Gasteiger partial charge in [0.15, 0.2) is 0 Å². The molecular formula is C18H22P2. The topological polar surface area (TPSA) is 0 Å². The second kappa shape index (κ2) is 7.35. The Hall–Kier alpha value is -0.700. The highest BCUT2D eigenvalue weighted by Crippen LogP contribution is 2.37. The van der Waals surface area contributed by atoms with Gasteiger partial charge >= 0.3 is 0 Å². The molecular weight excluding hydrogens is 278 g/mol. The molecule has 1 aliphatic carbocycles. The van der Waals surface area contributed by atoms with Gasteiger partial charge in [-0.1, -0.05) is 53.5 Å². The summed E-state index contributed by atoms with van der Waals surface area (Å²) in [6.45, 7) is 0. The smallest absolute Gasteiger partial charge is 0.0161 e. The van der Waals surface area contributed by atoms with Crippen LogP contribution in [0.1, 0.15) is 61.5 Å². The van der Waals surface area contributed by atoms with Crippen molar-refractivity contribution in [3.63, 3.8) is 0 Å². The summed E-state index contributed by atoms with van der Waals surface area (Å²) in [6, 6.07) is 9.43. The maximum atomic E-state index is 2.36. The summed E-state index contributed by atoms with van der Waals surface area (Å²) in [4.78, 5) is 0. The molecule has 20 heavy (non-hydrogen) atoms. The molecule has 104 valence electrons. The molecule has 2 heterocycles. The van der Waals surface area contributed by atoms with Gasteiger partial charge in [-0.3, -0.25) is 0 Å². The Morgan fingerprint density at radius 1 is 0.600 bits per heavy atom. The van der Waals surface area contributed by atoms with Crippen LogP contribution in [0, 0.1) is 0 Å². The second-order valence-electron chi connectivity index (χ2n) is 5.82. The van der Waals surface area contributed by atoms with Gasteiger partial charge in [0.2, 0.25) is 0 Å². The van der Waals surface area contributed by atoms with Gasteiger partial charge in [0.1, 0.15) is 0 Å². The minimum Gasteiger partial charge on any atom is -0.0765 e. The van der Waals surface area contributed by atoms with Crippen molar-refractivity contribution in [1.29, 1.82) is 0 Å². The Kier molecular flexibility index (Phi) is 5.23. The summed E-state index contributed by atoms with van der Waals surface area (Å²) in [6.07, 6.45) is 8.26. The van der Waals surface area contributed by atoms with E-state index in [1.54, 1.807) is 11.1 Å². The average Bonchev–Trinajstić information content (AvgIpc) is 2.49. The summed E-state index contributed by atoms with van der Waals surface area (Å²) >= 11 is 0. The first-order valence-corrected chi connectivity index (χ1v) is 9.80. The predicted octanol–water partition coefficient (Wildman–Crippen LogP) is 7.07. The maximum absolute atomic E-state index is 2.36. The first kappa shape index (κ1) is 14.2. The molecule has 1 fully saturated rings. The highest BCUT2D eigenvalue weighted by atomic mass is 31.0. The van der Waals surface area contributed by atoms with E-state index in [1.165, 1.54) is 54.9 Å². The Bertz CT molecular complexity index is 460. The maximum Gasteiger partial charge on any atom is -0.0161 e. The van der Waals surface area contributed by atoms with Crippen LogP contribution in [0.15, 0.2) is 47.5 Å². The van der Waals surface area contributed by atoms with E-state index < -0.39 is 0 Å². The normalized spacial score (nSPS) is 23.8. The van der Waals surface area contributed by atoms with E-state index in [2.05, 4.69) is 47.5 Å². The highest BCUT2D eigenvalue weighted by molar-refractivity contribution is 7.28. The fraction of sp³-hybridized carbons (Fsp3) is 0.444. The monoisotopic (exact) mass is 300 g/mol. The van der Waals surface area contributed by atoms with E-state index >= 15 is 0 Å². The summed E-state index contributed by atoms with van der Waals surface area (Å²) in [7, 11) is 2.68. The SMILES string of the molecule is c1cc(C2CCCCC(c3ccpcc3)CC2)ccp1. The van der Waals surface area contributed by atoms with Crippen LogP contribution in [0.5, 0.6) is 0 Å². The van der Waals surface area contributed by atoms with Gasteiger partial charge in [0.25, 0.3) is 0 Å². The van der Waals surface area contributed by atoms with Crippen molar-refractivity contribution in [2.75, 3.05) is 0 Å².